The highest BCUT2D eigenvalue weighted by atomic mass is 33.1. The van der Waals surface area contributed by atoms with E-state index in [2.05, 4.69) is 0 Å². The third kappa shape index (κ3) is 4.44. The molecule has 0 saturated heterocycles. The van der Waals surface area contributed by atoms with E-state index < -0.39 is 22.2 Å². The van der Waals surface area contributed by atoms with E-state index in [1.807, 2.05) is 0 Å². The Morgan fingerprint density at radius 2 is 0.950 bits per heavy atom. The van der Waals surface area contributed by atoms with Crippen molar-refractivity contribution in [2.24, 2.45) is 0 Å². The highest BCUT2D eigenvalue weighted by Crippen LogP contribution is 2.37. The maximum Gasteiger partial charge on any atom is 0.186 e. The molecule has 0 heterocycles. The first kappa shape index (κ1) is 15.7. The third-order valence-electron chi connectivity index (χ3n) is 2.28. The molecular formula is C12H10O4S4. The molecule has 0 radical (unpaired) electrons. The van der Waals surface area contributed by atoms with E-state index in [0.717, 1.165) is 9.79 Å². The average molecular weight is 346 g/mol. The van der Waals surface area contributed by atoms with Crippen LogP contribution in [-0.4, -0.2) is 17.5 Å². The zero-order chi connectivity index (χ0) is 14.5. The maximum absolute atomic E-state index is 10.8. The predicted molar refractivity (Wildman–Crippen MR) is 82.7 cm³/mol. The second-order valence-corrected chi connectivity index (χ2v) is 7.82. The lowest BCUT2D eigenvalue weighted by molar-refractivity contribution is 0.563. The number of hydrogen-bond acceptors (Lipinski definition) is 4. The van der Waals surface area contributed by atoms with E-state index in [9.17, 15) is 8.42 Å². The molecule has 106 valence electrons. The third-order valence-corrected chi connectivity index (χ3v) is 6.05. The summed E-state index contributed by atoms with van der Waals surface area (Å²) < 4.78 is 39.5. The first-order chi connectivity index (χ1) is 9.56. The summed E-state index contributed by atoms with van der Waals surface area (Å²) in [7, 11) is 3.01. The van der Waals surface area contributed by atoms with Gasteiger partial charge in [-0.05, 0) is 48.5 Å². The van der Waals surface area contributed by atoms with Crippen LogP contribution in [0.4, 0.5) is 0 Å². The van der Waals surface area contributed by atoms with Crippen LogP contribution < -0.4 is 0 Å². The molecule has 0 fully saturated rings. The van der Waals surface area contributed by atoms with Gasteiger partial charge in [0.2, 0.25) is 0 Å². The molecule has 2 N–H and O–H groups in total. The standard InChI is InChI=1S/C12H10O4S4/c13-19(14)11-5-1-9(2-6-11)17-18-10-3-7-12(8-4-10)20(15)16/h1-8H,(H,13,14)(H,15,16). The minimum Gasteiger partial charge on any atom is -0.302 e. The highest BCUT2D eigenvalue weighted by Gasteiger charge is 2.03. The zero-order valence-electron chi connectivity index (χ0n) is 9.96. The van der Waals surface area contributed by atoms with E-state index in [1.54, 1.807) is 48.5 Å². The Hall–Kier alpha value is -0.640. The Morgan fingerprint density at radius 1 is 0.650 bits per heavy atom. The van der Waals surface area contributed by atoms with Crippen molar-refractivity contribution in [1.82, 2.24) is 0 Å². The summed E-state index contributed by atoms with van der Waals surface area (Å²) in [6.45, 7) is 0. The van der Waals surface area contributed by atoms with Crippen molar-refractivity contribution >= 4 is 43.7 Å². The van der Waals surface area contributed by atoms with Gasteiger partial charge in [0.05, 0.1) is 9.79 Å². The fourth-order valence-corrected chi connectivity index (χ4v) is 3.99. The van der Waals surface area contributed by atoms with Crippen LogP contribution in [0.1, 0.15) is 0 Å². The Bertz CT molecular complexity index is 567. The van der Waals surface area contributed by atoms with E-state index in [0.29, 0.717) is 9.79 Å². The summed E-state index contributed by atoms with van der Waals surface area (Å²) in [5, 5.41) is 0. The van der Waals surface area contributed by atoms with E-state index in [-0.39, 0.29) is 0 Å². The van der Waals surface area contributed by atoms with E-state index in [4.69, 9.17) is 9.11 Å². The van der Waals surface area contributed by atoms with Crippen LogP contribution in [0, 0.1) is 0 Å². The van der Waals surface area contributed by atoms with Crippen LogP contribution >= 0.6 is 21.6 Å². The number of benzene rings is 2. The minimum absolute atomic E-state index is 0.370. The van der Waals surface area contributed by atoms with Crippen LogP contribution in [0.3, 0.4) is 0 Å². The Labute approximate surface area is 129 Å². The summed E-state index contributed by atoms with van der Waals surface area (Å²) in [6.07, 6.45) is 0. The summed E-state index contributed by atoms with van der Waals surface area (Å²) in [4.78, 5) is 2.65. The van der Waals surface area contributed by atoms with Gasteiger partial charge in [-0.25, -0.2) is 8.42 Å². The molecule has 0 aromatic heterocycles. The van der Waals surface area contributed by atoms with Gasteiger partial charge >= 0.3 is 0 Å². The van der Waals surface area contributed by atoms with Crippen molar-refractivity contribution in [3.63, 3.8) is 0 Å². The Morgan fingerprint density at radius 3 is 1.20 bits per heavy atom. The first-order valence-electron chi connectivity index (χ1n) is 5.32. The molecule has 0 aliphatic carbocycles. The molecule has 0 spiro atoms. The molecule has 20 heavy (non-hydrogen) atoms. The van der Waals surface area contributed by atoms with E-state index in [1.165, 1.54) is 21.6 Å². The number of rotatable bonds is 5. The normalized spacial score (nSPS) is 13.9. The van der Waals surface area contributed by atoms with Gasteiger partial charge < -0.3 is 9.11 Å². The fourth-order valence-electron chi connectivity index (χ4n) is 1.32. The van der Waals surface area contributed by atoms with Gasteiger partial charge in [0.1, 0.15) is 0 Å². The molecule has 4 nitrogen and oxygen atoms in total. The summed E-state index contributed by atoms with van der Waals surface area (Å²) in [5.41, 5.74) is 0. The van der Waals surface area contributed by atoms with Crippen LogP contribution in [0.25, 0.3) is 0 Å². The van der Waals surface area contributed by atoms with Crippen LogP contribution in [0.5, 0.6) is 0 Å². The van der Waals surface area contributed by atoms with Gasteiger partial charge in [-0.3, -0.25) is 0 Å². The van der Waals surface area contributed by atoms with Gasteiger partial charge in [-0.1, -0.05) is 21.6 Å². The summed E-state index contributed by atoms with van der Waals surface area (Å²) in [6, 6.07) is 13.5. The van der Waals surface area contributed by atoms with Crippen molar-refractivity contribution in [2.45, 2.75) is 19.6 Å². The fraction of sp³-hybridized carbons (Fsp3) is 0. The van der Waals surface area contributed by atoms with Crippen molar-refractivity contribution < 1.29 is 17.5 Å². The molecule has 8 heteroatoms. The van der Waals surface area contributed by atoms with Crippen LogP contribution in [-0.2, 0) is 22.2 Å². The molecule has 0 aliphatic heterocycles. The van der Waals surface area contributed by atoms with Gasteiger partial charge in [0.15, 0.2) is 22.2 Å². The minimum atomic E-state index is -1.95. The van der Waals surface area contributed by atoms with Crippen molar-refractivity contribution in [1.29, 1.82) is 0 Å². The van der Waals surface area contributed by atoms with Crippen molar-refractivity contribution in [2.75, 3.05) is 0 Å². The topological polar surface area (TPSA) is 74.6 Å². The lowest BCUT2D eigenvalue weighted by Crippen LogP contribution is -1.87. The molecule has 2 rings (SSSR count). The first-order valence-corrected chi connectivity index (χ1v) is 9.69. The highest BCUT2D eigenvalue weighted by molar-refractivity contribution is 8.76. The lowest BCUT2D eigenvalue weighted by Gasteiger charge is -2.02. The summed E-state index contributed by atoms with van der Waals surface area (Å²) >= 11 is -3.91. The lowest BCUT2D eigenvalue weighted by atomic mass is 10.4. The van der Waals surface area contributed by atoms with Gasteiger partial charge in [-0.15, -0.1) is 0 Å². The average Bonchev–Trinajstić information content (AvgIpc) is 2.46. The molecule has 2 atom stereocenters. The van der Waals surface area contributed by atoms with Gasteiger partial charge in [0, 0.05) is 9.79 Å². The Balaban J connectivity index is 1.97. The molecule has 0 amide bonds. The SMILES string of the molecule is O=S(O)c1ccc(SSc2ccc(S(=O)O)cc2)cc1. The molecule has 0 saturated carbocycles. The quantitative estimate of drug-likeness (QED) is 0.636. The van der Waals surface area contributed by atoms with E-state index >= 15 is 0 Å². The van der Waals surface area contributed by atoms with Crippen molar-refractivity contribution in [3.05, 3.63) is 48.5 Å². The Kier molecular flexibility index (Phi) is 5.82. The van der Waals surface area contributed by atoms with Crippen LogP contribution in [0.2, 0.25) is 0 Å². The zero-order valence-corrected chi connectivity index (χ0v) is 13.2. The van der Waals surface area contributed by atoms with Gasteiger partial charge in [-0.2, -0.15) is 0 Å². The summed E-state index contributed by atoms with van der Waals surface area (Å²) in [5.74, 6) is 0. The predicted octanol–water partition coefficient (Wildman–Crippen LogP) is 3.65. The van der Waals surface area contributed by atoms with Crippen LogP contribution in [0.15, 0.2) is 68.1 Å². The smallest absolute Gasteiger partial charge is 0.186 e. The molecular weight excluding hydrogens is 336 g/mol. The van der Waals surface area contributed by atoms with Crippen molar-refractivity contribution in [3.8, 4) is 0 Å². The van der Waals surface area contributed by atoms with Gasteiger partial charge in [0.25, 0.3) is 0 Å². The second kappa shape index (κ2) is 7.39. The molecule has 2 aromatic carbocycles. The molecule has 2 unspecified atom stereocenters. The monoisotopic (exact) mass is 346 g/mol. The maximum atomic E-state index is 10.8. The molecule has 0 bridgehead atoms. The molecule has 0 aliphatic rings. The number of hydrogen-bond donors (Lipinski definition) is 2. The second-order valence-electron chi connectivity index (χ2n) is 3.61. The largest absolute Gasteiger partial charge is 0.302 e. The molecule has 2 aromatic rings.